The molecule has 45 heavy (non-hydrogen) atoms. The van der Waals surface area contributed by atoms with Gasteiger partial charge in [0.25, 0.3) is 5.56 Å². The Hall–Kier alpha value is -4.07. The maximum Gasteiger partial charge on any atom is 0.263 e. The van der Waals surface area contributed by atoms with Gasteiger partial charge in [-0.3, -0.25) is 19.1 Å². The molecular formula is C31H35ClFN7O5. The van der Waals surface area contributed by atoms with E-state index in [1.165, 1.54) is 13.2 Å². The van der Waals surface area contributed by atoms with Crippen molar-refractivity contribution in [3.05, 3.63) is 62.4 Å². The molecule has 2 aromatic heterocycles. The number of hydrogen-bond donors (Lipinski definition) is 3. The number of dihydropyridines is 1. The van der Waals surface area contributed by atoms with Gasteiger partial charge in [0, 0.05) is 62.5 Å². The Morgan fingerprint density at radius 2 is 2.02 bits per heavy atom. The molecule has 0 radical (unpaired) electrons. The summed E-state index contributed by atoms with van der Waals surface area (Å²) in [5.74, 6) is -0.287. The number of carbonyl (C=O) groups is 1. The Balaban J connectivity index is 1.18. The fraction of sp³-hybridized carbons (Fsp3) is 0.452. The molecule has 3 N–H and O–H groups in total. The Bertz CT molecular complexity index is 1820. The monoisotopic (exact) mass is 639 g/mol. The van der Waals surface area contributed by atoms with E-state index in [1.807, 2.05) is 6.08 Å². The van der Waals surface area contributed by atoms with Crippen LogP contribution in [0.3, 0.4) is 0 Å². The molecule has 0 aliphatic carbocycles. The zero-order chi connectivity index (χ0) is 31.4. The molecule has 0 saturated carbocycles. The van der Waals surface area contributed by atoms with Crippen LogP contribution in [-0.4, -0.2) is 94.0 Å². The third-order valence-corrected chi connectivity index (χ3v) is 9.43. The molecule has 12 nitrogen and oxygen atoms in total. The smallest absolute Gasteiger partial charge is 0.263 e. The Kier molecular flexibility index (Phi) is 7.70. The van der Waals surface area contributed by atoms with Crippen molar-refractivity contribution in [2.75, 3.05) is 53.0 Å². The summed E-state index contributed by atoms with van der Waals surface area (Å²) >= 11 is 6.54. The number of piperazine rings is 1. The first-order valence-corrected chi connectivity index (χ1v) is 15.5. The zero-order valence-corrected chi connectivity index (χ0v) is 25.9. The molecule has 238 valence electrons. The van der Waals surface area contributed by atoms with Gasteiger partial charge >= 0.3 is 0 Å². The number of ether oxygens (including phenoxy) is 2. The van der Waals surface area contributed by atoms with Crippen LogP contribution in [0.5, 0.6) is 11.5 Å². The molecule has 0 spiro atoms. The van der Waals surface area contributed by atoms with Gasteiger partial charge in [-0.1, -0.05) is 11.6 Å². The summed E-state index contributed by atoms with van der Waals surface area (Å²) in [6.45, 7) is 7.46. The second kappa shape index (κ2) is 11.7. The minimum absolute atomic E-state index is 0.0744. The third-order valence-electron chi connectivity index (χ3n) is 9.10. The van der Waals surface area contributed by atoms with Gasteiger partial charge in [-0.2, -0.15) is 0 Å². The summed E-state index contributed by atoms with van der Waals surface area (Å²) in [6, 6.07) is 1.97. The van der Waals surface area contributed by atoms with E-state index in [1.54, 1.807) is 22.3 Å². The van der Waals surface area contributed by atoms with Crippen molar-refractivity contribution in [1.29, 1.82) is 0 Å². The van der Waals surface area contributed by atoms with E-state index in [4.69, 9.17) is 26.1 Å². The summed E-state index contributed by atoms with van der Waals surface area (Å²) in [5.41, 5.74) is 1.22. The number of benzene rings is 1. The number of nitrogens with one attached hydrogen (secondary N) is 2. The molecule has 0 atom stereocenters. The van der Waals surface area contributed by atoms with Crippen molar-refractivity contribution in [2.24, 2.45) is 0 Å². The number of hydrogen-bond acceptors (Lipinski definition) is 9. The number of phenolic OH excluding ortho intramolecular Hbond substituents is 1. The Labute approximate surface area is 263 Å². The standard InChI is InChI=1S/C31H35ClFN7O5/c1-17-10-19(27(33)29(44-2)28(17)42)20-13-39(30-26(20)31(43)40-5-3-4-23(40)36-30)14-25(41)35-22-11-24(34-12-21(22)32)38-8-6-37(7-9-38)18-15-45-16-18/h10-11,13,18,34,42H,3-9,12,14-16H2,1-2H3,(H,35,41). The van der Waals surface area contributed by atoms with Gasteiger partial charge in [-0.25, -0.2) is 9.37 Å². The Morgan fingerprint density at radius 3 is 2.73 bits per heavy atom. The highest BCUT2D eigenvalue weighted by Crippen LogP contribution is 2.41. The highest BCUT2D eigenvalue weighted by atomic mass is 35.5. The van der Waals surface area contributed by atoms with Gasteiger partial charge in [0.1, 0.15) is 23.8 Å². The highest BCUT2D eigenvalue weighted by molar-refractivity contribution is 6.30. The Morgan fingerprint density at radius 1 is 1.24 bits per heavy atom. The van der Waals surface area contributed by atoms with E-state index in [0.717, 1.165) is 51.6 Å². The first-order chi connectivity index (χ1) is 21.7. The summed E-state index contributed by atoms with van der Waals surface area (Å²) in [6.07, 6.45) is 4.81. The second-order valence-electron chi connectivity index (χ2n) is 11.9. The van der Waals surface area contributed by atoms with E-state index in [2.05, 4.69) is 20.4 Å². The molecule has 2 fully saturated rings. The summed E-state index contributed by atoms with van der Waals surface area (Å²) < 4.78 is 29.3. The van der Waals surface area contributed by atoms with Crippen LogP contribution in [-0.2, 0) is 29.0 Å². The molecule has 7 rings (SSSR count). The van der Waals surface area contributed by atoms with Crippen molar-refractivity contribution in [1.82, 2.24) is 34.6 Å². The number of allylic oxidation sites excluding steroid dienone is 1. The zero-order valence-electron chi connectivity index (χ0n) is 25.2. The number of phenols is 1. The molecule has 3 aromatic rings. The highest BCUT2D eigenvalue weighted by Gasteiger charge is 2.31. The molecule has 2 saturated heterocycles. The maximum absolute atomic E-state index is 15.7. The average molecular weight is 640 g/mol. The summed E-state index contributed by atoms with van der Waals surface area (Å²) in [7, 11) is 1.27. The van der Waals surface area contributed by atoms with Crippen molar-refractivity contribution >= 4 is 28.5 Å². The van der Waals surface area contributed by atoms with Crippen LogP contribution in [0, 0.1) is 12.7 Å². The van der Waals surface area contributed by atoms with E-state index >= 15 is 4.39 Å². The predicted molar refractivity (Wildman–Crippen MR) is 166 cm³/mol. The molecule has 0 bridgehead atoms. The summed E-state index contributed by atoms with van der Waals surface area (Å²) in [4.78, 5) is 36.7. The number of amides is 1. The lowest BCUT2D eigenvalue weighted by Crippen LogP contribution is -2.57. The SMILES string of the molecule is COc1c(O)c(C)cc(-c2cn(CC(=O)NC3=C(Cl)CNC(N4CCN(C5COC5)CC4)=C3)c3nc4n(c(=O)c23)CCC4)c1F. The lowest BCUT2D eigenvalue weighted by molar-refractivity contribution is -0.120. The molecule has 6 heterocycles. The number of rotatable bonds is 7. The summed E-state index contributed by atoms with van der Waals surface area (Å²) in [5, 5.41) is 17.3. The minimum atomic E-state index is -0.805. The first kappa shape index (κ1) is 29.6. The van der Waals surface area contributed by atoms with E-state index in [0.29, 0.717) is 53.3 Å². The van der Waals surface area contributed by atoms with Gasteiger partial charge in [0.2, 0.25) is 5.91 Å². The van der Waals surface area contributed by atoms with Gasteiger partial charge in [0.15, 0.2) is 17.3 Å². The molecule has 1 aromatic carbocycles. The van der Waals surface area contributed by atoms with Crippen LogP contribution in [0.4, 0.5) is 4.39 Å². The lowest BCUT2D eigenvalue weighted by Gasteiger charge is -2.44. The fourth-order valence-electron chi connectivity index (χ4n) is 6.53. The van der Waals surface area contributed by atoms with Crippen LogP contribution in [0.1, 0.15) is 17.8 Å². The van der Waals surface area contributed by atoms with Gasteiger partial charge in [0.05, 0.1) is 49.0 Å². The van der Waals surface area contributed by atoms with Crippen molar-refractivity contribution in [3.8, 4) is 22.6 Å². The fourth-order valence-corrected chi connectivity index (χ4v) is 6.70. The second-order valence-corrected chi connectivity index (χ2v) is 12.3. The van der Waals surface area contributed by atoms with Crippen molar-refractivity contribution in [2.45, 2.75) is 38.9 Å². The van der Waals surface area contributed by atoms with Crippen LogP contribution >= 0.6 is 11.6 Å². The lowest BCUT2D eigenvalue weighted by atomic mass is 10.0. The van der Waals surface area contributed by atoms with Crippen molar-refractivity contribution < 1.29 is 23.8 Å². The quantitative estimate of drug-likeness (QED) is 0.356. The van der Waals surface area contributed by atoms with Crippen LogP contribution < -0.4 is 20.9 Å². The maximum atomic E-state index is 15.7. The molecular weight excluding hydrogens is 605 g/mol. The molecule has 14 heteroatoms. The van der Waals surface area contributed by atoms with Crippen LogP contribution in [0.25, 0.3) is 22.2 Å². The molecule has 4 aliphatic heterocycles. The van der Waals surface area contributed by atoms with E-state index in [-0.39, 0.29) is 46.0 Å². The molecule has 0 unspecified atom stereocenters. The number of nitrogens with zero attached hydrogens (tertiary/aromatic N) is 5. The minimum Gasteiger partial charge on any atom is -0.504 e. The van der Waals surface area contributed by atoms with Gasteiger partial charge in [-0.15, -0.1) is 0 Å². The van der Waals surface area contributed by atoms with Crippen molar-refractivity contribution in [3.63, 3.8) is 0 Å². The topological polar surface area (TPSA) is 126 Å². The average Bonchev–Trinajstić information content (AvgIpc) is 3.62. The van der Waals surface area contributed by atoms with Crippen LogP contribution in [0.2, 0.25) is 0 Å². The van der Waals surface area contributed by atoms with Crippen LogP contribution in [0.15, 0.2) is 39.7 Å². The van der Waals surface area contributed by atoms with Gasteiger partial charge in [-0.05, 0) is 25.0 Å². The number of aromatic hydroxyl groups is 1. The number of methoxy groups -OCH3 is 1. The molecule has 4 aliphatic rings. The number of carbonyl (C=O) groups excluding carboxylic acids is 1. The first-order valence-electron chi connectivity index (χ1n) is 15.1. The predicted octanol–water partition coefficient (Wildman–Crippen LogP) is 2.00. The normalized spacial score (nSPS) is 18.9. The third kappa shape index (κ3) is 5.22. The van der Waals surface area contributed by atoms with E-state index in [9.17, 15) is 14.7 Å². The molecule has 1 amide bonds. The number of fused-ring (bicyclic) bond motifs is 2. The number of aryl methyl sites for hydroxylation is 2. The number of aromatic nitrogens is 3. The van der Waals surface area contributed by atoms with E-state index < -0.39 is 5.82 Å². The number of halogens is 2. The van der Waals surface area contributed by atoms with Gasteiger partial charge < -0.3 is 34.7 Å². The largest absolute Gasteiger partial charge is 0.504 e.